The molecular weight excluding hydrogens is 278 g/mol. The summed E-state index contributed by atoms with van der Waals surface area (Å²) < 4.78 is 18.4. The Bertz CT molecular complexity index is 602. The van der Waals surface area contributed by atoms with Crippen molar-refractivity contribution in [1.29, 1.82) is 5.41 Å². The number of hydrogen-bond donors (Lipinski definition) is 2. The molecule has 0 saturated carbocycles. The number of fused-ring (bicyclic) bond motifs is 3. The summed E-state index contributed by atoms with van der Waals surface area (Å²) in [6, 6.07) is 1.77. The van der Waals surface area contributed by atoms with Crippen LogP contribution in [0.4, 0.5) is 0 Å². The van der Waals surface area contributed by atoms with Gasteiger partial charge in [-0.3, -0.25) is 14.8 Å². The maximum atomic E-state index is 11.7. The second kappa shape index (κ2) is 5.45. The molecule has 21 heavy (non-hydrogen) atoms. The highest BCUT2D eigenvalue weighted by Crippen LogP contribution is 2.40. The van der Waals surface area contributed by atoms with Gasteiger partial charge in [-0.15, -0.1) is 0 Å². The predicted molar refractivity (Wildman–Crippen MR) is 68.3 cm³/mol. The van der Waals surface area contributed by atoms with Crippen molar-refractivity contribution >= 4 is 5.97 Å². The van der Waals surface area contributed by atoms with E-state index in [1.54, 1.807) is 10.8 Å². The molecule has 1 fully saturated rings. The van der Waals surface area contributed by atoms with Gasteiger partial charge in [0, 0.05) is 12.6 Å². The Morgan fingerprint density at radius 2 is 2.43 bits per heavy atom. The van der Waals surface area contributed by atoms with E-state index in [1.165, 1.54) is 6.07 Å². The zero-order chi connectivity index (χ0) is 15.0. The predicted octanol–water partition coefficient (Wildman–Crippen LogP) is -0.275. The molecule has 8 heteroatoms. The van der Waals surface area contributed by atoms with E-state index in [1.807, 2.05) is 6.92 Å². The van der Waals surface area contributed by atoms with Gasteiger partial charge in [0.1, 0.15) is 6.10 Å². The highest BCUT2D eigenvalue weighted by Gasteiger charge is 2.53. The number of aromatic nitrogens is 2. The first kappa shape index (κ1) is 14.0. The molecule has 1 saturated heterocycles. The zero-order valence-corrected chi connectivity index (χ0v) is 11.6. The summed E-state index contributed by atoms with van der Waals surface area (Å²) in [6.07, 6.45) is 0.250. The fourth-order valence-electron chi connectivity index (χ4n) is 2.58. The molecule has 2 aliphatic rings. The molecule has 0 aliphatic carbocycles. The van der Waals surface area contributed by atoms with Gasteiger partial charge >= 0.3 is 12.0 Å². The van der Waals surface area contributed by atoms with E-state index in [-0.39, 0.29) is 24.1 Å². The molecule has 0 spiro atoms. The minimum atomic E-state index is -0.685. The van der Waals surface area contributed by atoms with Crippen molar-refractivity contribution in [2.24, 2.45) is 0 Å². The Balaban J connectivity index is 1.83. The number of hydrogen-bond acceptors (Lipinski definition) is 7. The summed E-state index contributed by atoms with van der Waals surface area (Å²) in [5, 5.41) is 16.9. The van der Waals surface area contributed by atoms with Crippen LogP contribution in [0.2, 0.25) is 0 Å². The molecule has 1 aromatic rings. The fraction of sp³-hybridized carbons (Fsp3) is 0.615. The minimum absolute atomic E-state index is 0.0828. The number of aliphatic hydroxyl groups is 1. The largest absolute Gasteiger partial charge is 0.455 e. The summed E-state index contributed by atoms with van der Waals surface area (Å²) in [5.41, 5.74) is 0.0828. The summed E-state index contributed by atoms with van der Waals surface area (Å²) >= 11 is 0. The molecule has 114 valence electrons. The highest BCUT2D eigenvalue weighted by molar-refractivity contribution is 5.69. The number of rotatable bonds is 4. The smallest absolute Gasteiger partial charge is 0.306 e. The van der Waals surface area contributed by atoms with Gasteiger partial charge in [0.05, 0.1) is 6.61 Å². The standard InChI is InChI=1S/C13H17N3O5/c1-2-3-9(18)20-10-7(6-17)19-12-11(10)21-13-15-8(14)4-5-16(12)13/h4-5,7,10-12,14,17H,2-3,6H2,1H3/t7-,10-,11+,12-/m1/s1. The van der Waals surface area contributed by atoms with Crippen LogP contribution >= 0.6 is 0 Å². The van der Waals surface area contributed by atoms with Crippen LogP contribution < -0.4 is 10.2 Å². The normalized spacial score (nSPS) is 29.6. The molecule has 1 aromatic heterocycles. The molecular formula is C13H17N3O5. The van der Waals surface area contributed by atoms with Crippen LogP contribution in [0.25, 0.3) is 0 Å². The van der Waals surface area contributed by atoms with Crippen molar-refractivity contribution in [1.82, 2.24) is 9.55 Å². The minimum Gasteiger partial charge on any atom is -0.455 e. The van der Waals surface area contributed by atoms with Gasteiger partial charge in [-0.25, -0.2) is 0 Å². The number of nitrogens with one attached hydrogen (secondary N) is 1. The van der Waals surface area contributed by atoms with Crippen molar-refractivity contribution in [2.75, 3.05) is 6.61 Å². The summed E-state index contributed by atoms with van der Waals surface area (Å²) in [4.78, 5) is 15.7. The number of nitrogens with zero attached hydrogens (tertiary/aromatic N) is 2. The maximum absolute atomic E-state index is 11.7. The number of aliphatic hydroxyl groups excluding tert-OH is 1. The van der Waals surface area contributed by atoms with Crippen molar-refractivity contribution in [2.45, 2.75) is 44.3 Å². The molecule has 0 bridgehead atoms. The fourth-order valence-corrected chi connectivity index (χ4v) is 2.58. The summed E-state index contributed by atoms with van der Waals surface area (Å²) in [6.45, 7) is 1.62. The average molecular weight is 295 g/mol. The SMILES string of the molecule is CCCC(=O)O[C@H]1[C@@H]2Oc3nc(=N)ccn3[C@@H]2O[C@@H]1CO. The second-order valence-corrected chi connectivity index (χ2v) is 5.04. The van der Waals surface area contributed by atoms with Crippen LogP contribution in [0.3, 0.4) is 0 Å². The van der Waals surface area contributed by atoms with Crippen molar-refractivity contribution in [3.63, 3.8) is 0 Å². The number of esters is 1. The first-order valence-corrected chi connectivity index (χ1v) is 6.90. The first-order chi connectivity index (χ1) is 10.1. The van der Waals surface area contributed by atoms with Crippen molar-refractivity contribution < 1.29 is 24.1 Å². The Kier molecular flexibility index (Phi) is 3.64. The molecule has 2 aliphatic heterocycles. The summed E-state index contributed by atoms with van der Waals surface area (Å²) in [5.74, 6) is -0.344. The molecule has 0 amide bonds. The Morgan fingerprint density at radius 1 is 1.62 bits per heavy atom. The van der Waals surface area contributed by atoms with Crippen molar-refractivity contribution in [3.8, 4) is 6.01 Å². The monoisotopic (exact) mass is 295 g/mol. The third kappa shape index (κ3) is 2.40. The molecule has 0 unspecified atom stereocenters. The van der Waals surface area contributed by atoms with Gasteiger partial charge < -0.3 is 19.3 Å². The van der Waals surface area contributed by atoms with Crippen LogP contribution in [0.15, 0.2) is 12.3 Å². The molecule has 8 nitrogen and oxygen atoms in total. The van der Waals surface area contributed by atoms with Gasteiger partial charge in [0.2, 0.25) is 0 Å². The summed E-state index contributed by atoms with van der Waals surface area (Å²) in [7, 11) is 0. The van der Waals surface area contributed by atoms with E-state index < -0.39 is 24.5 Å². The lowest BCUT2D eigenvalue weighted by atomic mass is 10.1. The van der Waals surface area contributed by atoms with E-state index in [0.29, 0.717) is 12.8 Å². The van der Waals surface area contributed by atoms with E-state index in [2.05, 4.69) is 4.98 Å². The molecule has 0 aromatic carbocycles. The molecule has 3 heterocycles. The van der Waals surface area contributed by atoms with E-state index in [9.17, 15) is 9.90 Å². The van der Waals surface area contributed by atoms with E-state index in [4.69, 9.17) is 19.6 Å². The highest BCUT2D eigenvalue weighted by atomic mass is 16.7. The lowest BCUT2D eigenvalue weighted by Gasteiger charge is -2.20. The number of carbonyl (C=O) groups excluding carboxylic acids is 1. The molecule has 0 radical (unpaired) electrons. The lowest BCUT2D eigenvalue weighted by molar-refractivity contribution is -0.156. The second-order valence-electron chi connectivity index (χ2n) is 5.04. The van der Waals surface area contributed by atoms with Crippen molar-refractivity contribution in [3.05, 3.63) is 17.8 Å². The molecule has 2 N–H and O–H groups in total. The first-order valence-electron chi connectivity index (χ1n) is 6.90. The van der Waals surface area contributed by atoms with Crippen LogP contribution in [-0.2, 0) is 14.3 Å². The number of ether oxygens (including phenoxy) is 3. The van der Waals surface area contributed by atoms with Crippen LogP contribution in [-0.4, -0.2) is 45.5 Å². The van der Waals surface area contributed by atoms with Gasteiger partial charge in [-0.2, -0.15) is 4.98 Å². The zero-order valence-electron chi connectivity index (χ0n) is 11.6. The molecule has 3 rings (SSSR count). The van der Waals surface area contributed by atoms with E-state index in [0.717, 1.165) is 0 Å². The van der Waals surface area contributed by atoms with E-state index >= 15 is 0 Å². The van der Waals surface area contributed by atoms with Gasteiger partial charge in [-0.1, -0.05) is 6.92 Å². The third-order valence-corrected chi connectivity index (χ3v) is 3.53. The van der Waals surface area contributed by atoms with Crippen LogP contribution in [0.5, 0.6) is 6.01 Å². The Morgan fingerprint density at radius 3 is 3.14 bits per heavy atom. The van der Waals surface area contributed by atoms with Gasteiger partial charge in [0.25, 0.3) is 0 Å². The number of carbonyl (C=O) groups is 1. The average Bonchev–Trinajstić information content (AvgIpc) is 2.95. The third-order valence-electron chi connectivity index (χ3n) is 3.53. The van der Waals surface area contributed by atoms with Crippen LogP contribution in [0.1, 0.15) is 26.0 Å². The van der Waals surface area contributed by atoms with Gasteiger partial charge in [-0.05, 0) is 12.5 Å². The van der Waals surface area contributed by atoms with Crippen LogP contribution in [0, 0.1) is 5.41 Å². The lowest BCUT2D eigenvalue weighted by Crippen LogP contribution is -2.39. The Hall–Kier alpha value is -1.93. The quantitative estimate of drug-likeness (QED) is 0.740. The topological polar surface area (TPSA) is 107 Å². The Labute approximate surface area is 120 Å². The van der Waals surface area contributed by atoms with Gasteiger partial charge in [0.15, 0.2) is 23.9 Å². The maximum Gasteiger partial charge on any atom is 0.306 e. The molecule has 4 atom stereocenters.